The molecular weight excluding hydrogens is 294 g/mol. The molecule has 1 saturated heterocycles. The molecule has 5 heteroatoms. The standard InChI is InChI=1S/C18H27NO4/c1-4-18(21)15-5-7-17(8-6-15)22-12-16(20)11-19-9-13(2)23-14(3)10-19/h5-8,13-14,16,20H,4,9-12H2,1-3H3/p+1/t13-,14-,16-/m1/s1. The van der Waals surface area contributed by atoms with E-state index in [0.717, 1.165) is 13.1 Å². The molecule has 0 aliphatic carbocycles. The van der Waals surface area contributed by atoms with Crippen LogP contribution in [0.15, 0.2) is 24.3 Å². The summed E-state index contributed by atoms with van der Waals surface area (Å²) in [6, 6.07) is 7.09. The maximum Gasteiger partial charge on any atom is 0.162 e. The van der Waals surface area contributed by atoms with E-state index in [4.69, 9.17) is 9.47 Å². The molecule has 1 fully saturated rings. The molecule has 1 aliphatic rings. The Bertz CT molecular complexity index is 492. The fraction of sp³-hybridized carbons (Fsp3) is 0.611. The summed E-state index contributed by atoms with van der Waals surface area (Å²) in [6.07, 6.45) is 0.438. The molecule has 1 aromatic rings. The second-order valence-corrected chi connectivity index (χ2v) is 6.39. The Morgan fingerprint density at radius 3 is 2.48 bits per heavy atom. The SMILES string of the molecule is CCC(=O)c1ccc(OC[C@H](O)C[NH+]2C[C@@H](C)O[C@H](C)C2)cc1. The van der Waals surface area contributed by atoms with Crippen molar-refractivity contribution in [1.82, 2.24) is 0 Å². The van der Waals surface area contributed by atoms with Crippen molar-refractivity contribution in [2.24, 2.45) is 0 Å². The summed E-state index contributed by atoms with van der Waals surface area (Å²) in [4.78, 5) is 12.9. The lowest BCUT2D eigenvalue weighted by atomic mass is 10.1. The zero-order valence-corrected chi connectivity index (χ0v) is 14.2. The monoisotopic (exact) mass is 322 g/mol. The molecule has 2 N–H and O–H groups in total. The van der Waals surface area contributed by atoms with E-state index in [1.807, 2.05) is 6.92 Å². The molecule has 0 aromatic heterocycles. The van der Waals surface area contributed by atoms with Gasteiger partial charge in [-0.3, -0.25) is 4.79 Å². The van der Waals surface area contributed by atoms with Crippen molar-refractivity contribution >= 4 is 5.78 Å². The van der Waals surface area contributed by atoms with E-state index in [9.17, 15) is 9.90 Å². The first-order valence-corrected chi connectivity index (χ1v) is 8.41. The molecule has 3 atom stereocenters. The number of ketones is 1. The normalized spacial score (nSPS) is 25.8. The van der Waals surface area contributed by atoms with Crippen molar-refractivity contribution in [2.45, 2.75) is 45.5 Å². The van der Waals surface area contributed by atoms with Crippen molar-refractivity contribution in [2.75, 3.05) is 26.2 Å². The van der Waals surface area contributed by atoms with Gasteiger partial charge in [0.2, 0.25) is 0 Å². The second kappa shape index (κ2) is 8.43. The Morgan fingerprint density at radius 1 is 1.30 bits per heavy atom. The Balaban J connectivity index is 1.77. The van der Waals surface area contributed by atoms with E-state index in [-0.39, 0.29) is 24.6 Å². The topological polar surface area (TPSA) is 60.2 Å². The van der Waals surface area contributed by atoms with Crippen molar-refractivity contribution in [3.8, 4) is 5.75 Å². The first-order valence-electron chi connectivity index (χ1n) is 8.41. The van der Waals surface area contributed by atoms with E-state index >= 15 is 0 Å². The lowest BCUT2D eigenvalue weighted by Gasteiger charge is -2.33. The first kappa shape index (κ1) is 17.9. The van der Waals surface area contributed by atoms with Crippen LogP contribution in [0.4, 0.5) is 0 Å². The summed E-state index contributed by atoms with van der Waals surface area (Å²) in [7, 11) is 0. The highest BCUT2D eigenvalue weighted by atomic mass is 16.5. The molecule has 0 saturated carbocycles. The Morgan fingerprint density at radius 2 is 1.91 bits per heavy atom. The zero-order chi connectivity index (χ0) is 16.8. The minimum absolute atomic E-state index is 0.121. The number of morpholine rings is 1. The minimum atomic E-state index is -0.514. The number of ether oxygens (including phenoxy) is 2. The van der Waals surface area contributed by atoms with Gasteiger partial charge in [-0.15, -0.1) is 0 Å². The lowest BCUT2D eigenvalue weighted by molar-refractivity contribution is -0.918. The predicted octanol–water partition coefficient (Wildman–Crippen LogP) is 0.711. The smallest absolute Gasteiger partial charge is 0.162 e. The van der Waals surface area contributed by atoms with E-state index in [1.54, 1.807) is 24.3 Å². The summed E-state index contributed by atoms with van der Waals surface area (Å²) in [6.45, 7) is 8.72. The highest BCUT2D eigenvalue weighted by Crippen LogP contribution is 2.13. The summed E-state index contributed by atoms with van der Waals surface area (Å²) < 4.78 is 11.3. The maximum absolute atomic E-state index is 11.6. The van der Waals surface area contributed by atoms with Gasteiger partial charge in [0.1, 0.15) is 50.3 Å². The summed E-state index contributed by atoms with van der Waals surface area (Å²) in [5.74, 6) is 0.797. The highest BCUT2D eigenvalue weighted by molar-refractivity contribution is 5.95. The summed E-state index contributed by atoms with van der Waals surface area (Å²) in [5.41, 5.74) is 0.695. The van der Waals surface area contributed by atoms with Crippen LogP contribution < -0.4 is 9.64 Å². The third kappa shape index (κ3) is 5.61. The number of Topliss-reactive ketones (excluding diaryl/α,β-unsaturated/α-hetero) is 1. The molecule has 0 radical (unpaired) electrons. The molecule has 0 bridgehead atoms. The first-order chi connectivity index (χ1) is 11.0. The van der Waals surface area contributed by atoms with Crippen LogP contribution in [0.3, 0.4) is 0 Å². The fourth-order valence-corrected chi connectivity index (χ4v) is 3.08. The van der Waals surface area contributed by atoms with Crippen molar-refractivity contribution in [3.05, 3.63) is 29.8 Å². The van der Waals surface area contributed by atoms with Gasteiger partial charge in [0, 0.05) is 12.0 Å². The zero-order valence-electron chi connectivity index (χ0n) is 14.2. The van der Waals surface area contributed by atoms with Gasteiger partial charge < -0.3 is 19.5 Å². The van der Waals surface area contributed by atoms with Crippen molar-refractivity contribution in [3.63, 3.8) is 0 Å². The molecule has 128 valence electrons. The Labute approximate surface area is 138 Å². The number of nitrogens with one attached hydrogen (secondary N) is 1. The fourth-order valence-electron chi connectivity index (χ4n) is 3.08. The van der Waals surface area contributed by atoms with E-state index < -0.39 is 6.10 Å². The molecule has 23 heavy (non-hydrogen) atoms. The largest absolute Gasteiger partial charge is 0.491 e. The maximum atomic E-state index is 11.6. The van der Waals surface area contributed by atoms with E-state index in [2.05, 4.69) is 13.8 Å². The molecule has 2 rings (SSSR count). The molecule has 1 aromatic carbocycles. The van der Waals surface area contributed by atoms with Crippen LogP contribution in [-0.2, 0) is 4.74 Å². The number of aliphatic hydroxyl groups excluding tert-OH is 1. The predicted molar refractivity (Wildman–Crippen MR) is 88.1 cm³/mol. The van der Waals surface area contributed by atoms with Crippen LogP contribution >= 0.6 is 0 Å². The average molecular weight is 322 g/mol. The highest BCUT2D eigenvalue weighted by Gasteiger charge is 2.27. The molecule has 0 unspecified atom stereocenters. The number of rotatable bonds is 7. The van der Waals surface area contributed by atoms with Crippen molar-refractivity contribution < 1.29 is 24.3 Å². The molecule has 1 aliphatic heterocycles. The van der Waals surface area contributed by atoms with Crippen LogP contribution in [0.1, 0.15) is 37.6 Å². The van der Waals surface area contributed by atoms with Crippen LogP contribution in [0.25, 0.3) is 0 Å². The molecule has 0 amide bonds. The van der Waals surface area contributed by atoms with Crippen LogP contribution in [-0.4, -0.2) is 55.4 Å². The molecular formula is C18H28NO4+. The summed E-state index contributed by atoms with van der Waals surface area (Å²) >= 11 is 0. The number of carbonyl (C=O) groups excluding carboxylic acids is 1. The van der Waals surface area contributed by atoms with Crippen LogP contribution in [0, 0.1) is 0 Å². The Hall–Kier alpha value is -1.43. The van der Waals surface area contributed by atoms with Crippen molar-refractivity contribution in [1.29, 1.82) is 0 Å². The van der Waals surface area contributed by atoms with Crippen LogP contribution in [0.2, 0.25) is 0 Å². The number of hydrogen-bond donors (Lipinski definition) is 2. The number of hydrogen-bond acceptors (Lipinski definition) is 4. The molecule has 5 nitrogen and oxygen atoms in total. The van der Waals surface area contributed by atoms with Gasteiger partial charge in [-0.25, -0.2) is 0 Å². The van der Waals surface area contributed by atoms with E-state index in [1.165, 1.54) is 4.90 Å². The quantitative estimate of drug-likeness (QED) is 0.726. The number of carbonyl (C=O) groups is 1. The third-order valence-electron chi connectivity index (χ3n) is 4.08. The minimum Gasteiger partial charge on any atom is -0.491 e. The average Bonchev–Trinajstić information content (AvgIpc) is 2.51. The Kier molecular flexibility index (Phi) is 6.57. The number of aliphatic hydroxyl groups is 1. The molecule has 0 spiro atoms. The van der Waals surface area contributed by atoms with Gasteiger partial charge >= 0.3 is 0 Å². The van der Waals surface area contributed by atoms with Gasteiger partial charge in [-0.05, 0) is 38.1 Å². The van der Waals surface area contributed by atoms with Gasteiger partial charge in [0.15, 0.2) is 5.78 Å². The van der Waals surface area contributed by atoms with Crippen LogP contribution in [0.5, 0.6) is 5.75 Å². The third-order valence-corrected chi connectivity index (χ3v) is 4.08. The van der Waals surface area contributed by atoms with Gasteiger partial charge in [-0.1, -0.05) is 6.92 Å². The van der Waals surface area contributed by atoms with Gasteiger partial charge in [0.25, 0.3) is 0 Å². The molecule has 1 heterocycles. The lowest BCUT2D eigenvalue weighted by Crippen LogP contribution is -3.16. The number of quaternary nitrogens is 1. The van der Waals surface area contributed by atoms with Gasteiger partial charge in [-0.2, -0.15) is 0 Å². The van der Waals surface area contributed by atoms with E-state index in [0.29, 0.717) is 24.3 Å². The van der Waals surface area contributed by atoms with Gasteiger partial charge in [0.05, 0.1) is 0 Å². The second-order valence-electron chi connectivity index (χ2n) is 6.39. The number of benzene rings is 1. The summed E-state index contributed by atoms with van der Waals surface area (Å²) in [5, 5.41) is 10.2.